The van der Waals surface area contributed by atoms with Gasteiger partial charge in [0.05, 0.1) is 9.71 Å². The fourth-order valence-electron chi connectivity index (χ4n) is 1.44. The van der Waals surface area contributed by atoms with Crippen molar-refractivity contribution in [2.45, 2.75) is 12.3 Å². The van der Waals surface area contributed by atoms with Crippen LogP contribution in [0.15, 0.2) is 34.8 Å². The summed E-state index contributed by atoms with van der Waals surface area (Å²) >= 11 is 17.5. The van der Waals surface area contributed by atoms with Crippen LogP contribution < -0.4 is 0 Å². The highest BCUT2D eigenvalue weighted by atomic mass is 79.9. The Bertz CT molecular complexity index is 488. The van der Waals surface area contributed by atoms with Gasteiger partial charge in [-0.1, -0.05) is 45.7 Å². The van der Waals surface area contributed by atoms with Crippen molar-refractivity contribution in [1.82, 2.24) is 0 Å². The molecule has 4 heteroatoms. The third-order valence-corrected chi connectivity index (χ3v) is 5.25. The first kappa shape index (κ1) is 12.4. The summed E-state index contributed by atoms with van der Waals surface area (Å²) in [4.78, 5) is 1.08. The van der Waals surface area contributed by atoms with Crippen molar-refractivity contribution in [1.29, 1.82) is 0 Å². The number of halogens is 3. The van der Waals surface area contributed by atoms with E-state index < -0.39 is 0 Å². The van der Waals surface area contributed by atoms with Crippen molar-refractivity contribution >= 4 is 50.5 Å². The number of alkyl halides is 1. The van der Waals surface area contributed by atoms with Crippen LogP contribution in [0.3, 0.4) is 0 Å². The molecule has 1 atom stereocenters. The first-order valence-corrected chi connectivity index (χ1v) is 7.16. The lowest BCUT2D eigenvalue weighted by atomic mass is 10.1. The molecule has 84 valence electrons. The van der Waals surface area contributed by atoms with Crippen LogP contribution in [-0.2, 0) is 0 Å². The minimum absolute atomic E-state index is 0.147. The highest BCUT2D eigenvalue weighted by molar-refractivity contribution is 9.10. The largest absolute Gasteiger partial charge is 0.126 e. The molecule has 0 saturated heterocycles. The third kappa shape index (κ3) is 2.45. The van der Waals surface area contributed by atoms with E-state index in [1.807, 2.05) is 37.3 Å². The summed E-state index contributed by atoms with van der Waals surface area (Å²) in [6.07, 6.45) is 0. The smallest absolute Gasteiger partial charge is 0.0960 e. The monoisotopic (exact) mass is 334 g/mol. The van der Waals surface area contributed by atoms with Crippen molar-refractivity contribution in [3.8, 4) is 0 Å². The first-order chi connectivity index (χ1) is 7.59. The summed E-state index contributed by atoms with van der Waals surface area (Å²) in [5, 5.41) is -0.147. The fraction of sp³-hybridized carbons (Fsp3) is 0.167. The van der Waals surface area contributed by atoms with Gasteiger partial charge in [-0.15, -0.1) is 22.9 Å². The Morgan fingerprint density at radius 3 is 2.56 bits per heavy atom. The summed E-state index contributed by atoms with van der Waals surface area (Å²) in [6, 6.07) is 10.0. The molecule has 0 aliphatic carbocycles. The Morgan fingerprint density at radius 1 is 1.31 bits per heavy atom. The predicted molar refractivity (Wildman–Crippen MR) is 75.9 cm³/mol. The third-order valence-electron chi connectivity index (χ3n) is 2.30. The Morgan fingerprint density at radius 2 is 2.00 bits per heavy atom. The molecule has 16 heavy (non-hydrogen) atoms. The van der Waals surface area contributed by atoms with Crippen LogP contribution in [-0.4, -0.2) is 0 Å². The molecule has 1 aromatic heterocycles. The average molecular weight is 336 g/mol. The van der Waals surface area contributed by atoms with Gasteiger partial charge in [-0.3, -0.25) is 0 Å². The molecular formula is C12H9BrCl2S. The Kier molecular flexibility index (Phi) is 3.96. The van der Waals surface area contributed by atoms with E-state index in [-0.39, 0.29) is 5.38 Å². The molecule has 1 aromatic carbocycles. The lowest BCUT2D eigenvalue weighted by Crippen LogP contribution is -1.90. The quantitative estimate of drug-likeness (QED) is 0.608. The van der Waals surface area contributed by atoms with Gasteiger partial charge in [-0.05, 0) is 30.2 Å². The van der Waals surface area contributed by atoms with Crippen LogP contribution in [0.5, 0.6) is 0 Å². The molecule has 1 unspecified atom stereocenters. The van der Waals surface area contributed by atoms with Crippen molar-refractivity contribution in [3.05, 3.63) is 55.1 Å². The lowest BCUT2D eigenvalue weighted by molar-refractivity contribution is 1.17. The topological polar surface area (TPSA) is 0 Å². The number of aryl methyl sites for hydroxylation is 1. The van der Waals surface area contributed by atoms with E-state index in [4.69, 9.17) is 23.2 Å². The van der Waals surface area contributed by atoms with Gasteiger partial charge in [0.2, 0.25) is 0 Å². The van der Waals surface area contributed by atoms with Crippen molar-refractivity contribution in [2.24, 2.45) is 0 Å². The van der Waals surface area contributed by atoms with Gasteiger partial charge in [0.25, 0.3) is 0 Å². The van der Waals surface area contributed by atoms with Crippen LogP contribution in [0, 0.1) is 6.92 Å². The molecule has 2 aromatic rings. The molecule has 0 nitrogen and oxygen atoms in total. The SMILES string of the molecule is Cc1cc(C(Cl)c2ccccc2Br)sc1Cl. The maximum Gasteiger partial charge on any atom is 0.0960 e. The maximum atomic E-state index is 6.44. The Balaban J connectivity index is 2.39. The molecule has 0 radical (unpaired) electrons. The Labute approximate surface area is 117 Å². The van der Waals surface area contributed by atoms with Crippen molar-refractivity contribution < 1.29 is 0 Å². The molecule has 0 bridgehead atoms. The molecule has 0 amide bonds. The molecule has 1 heterocycles. The molecule has 0 saturated carbocycles. The fourth-order valence-corrected chi connectivity index (χ4v) is 3.69. The highest BCUT2D eigenvalue weighted by Gasteiger charge is 2.16. The predicted octanol–water partition coefficient (Wildman–Crippen LogP) is 5.80. The maximum absolute atomic E-state index is 6.44. The lowest BCUT2D eigenvalue weighted by Gasteiger charge is -2.09. The number of rotatable bonds is 2. The number of benzene rings is 1. The van der Waals surface area contributed by atoms with Gasteiger partial charge in [-0.25, -0.2) is 0 Å². The number of hydrogen-bond acceptors (Lipinski definition) is 1. The summed E-state index contributed by atoms with van der Waals surface area (Å²) in [5.74, 6) is 0. The second kappa shape index (κ2) is 5.09. The second-order valence-electron chi connectivity index (χ2n) is 3.49. The Hall–Kier alpha value is -0.0200. The van der Waals surface area contributed by atoms with Gasteiger partial charge < -0.3 is 0 Å². The highest BCUT2D eigenvalue weighted by Crippen LogP contribution is 2.39. The van der Waals surface area contributed by atoms with E-state index in [9.17, 15) is 0 Å². The zero-order valence-corrected chi connectivity index (χ0v) is 12.4. The molecule has 0 aliphatic heterocycles. The van der Waals surface area contributed by atoms with Crippen molar-refractivity contribution in [2.75, 3.05) is 0 Å². The minimum atomic E-state index is -0.147. The van der Waals surface area contributed by atoms with E-state index in [1.165, 1.54) is 11.3 Å². The molecule has 0 fully saturated rings. The summed E-state index contributed by atoms with van der Waals surface area (Å²) < 4.78 is 1.84. The van der Waals surface area contributed by atoms with E-state index >= 15 is 0 Å². The van der Waals surface area contributed by atoms with Crippen LogP contribution in [0.1, 0.15) is 21.4 Å². The van der Waals surface area contributed by atoms with Crippen LogP contribution in [0.2, 0.25) is 4.34 Å². The zero-order chi connectivity index (χ0) is 11.7. The summed E-state index contributed by atoms with van der Waals surface area (Å²) in [5.41, 5.74) is 2.15. The van der Waals surface area contributed by atoms with Gasteiger partial charge in [0.15, 0.2) is 0 Å². The van der Waals surface area contributed by atoms with Gasteiger partial charge in [-0.2, -0.15) is 0 Å². The van der Waals surface area contributed by atoms with Crippen LogP contribution in [0.4, 0.5) is 0 Å². The minimum Gasteiger partial charge on any atom is -0.126 e. The first-order valence-electron chi connectivity index (χ1n) is 4.74. The molecule has 2 rings (SSSR count). The number of hydrogen-bond donors (Lipinski definition) is 0. The second-order valence-corrected chi connectivity index (χ2v) is 6.47. The van der Waals surface area contributed by atoms with E-state index in [2.05, 4.69) is 15.9 Å². The zero-order valence-electron chi connectivity index (χ0n) is 8.51. The van der Waals surface area contributed by atoms with Crippen LogP contribution >= 0.6 is 50.5 Å². The van der Waals surface area contributed by atoms with Gasteiger partial charge in [0.1, 0.15) is 0 Å². The molecule has 0 spiro atoms. The summed E-state index contributed by atoms with van der Waals surface area (Å²) in [6.45, 7) is 1.99. The van der Waals surface area contributed by atoms with Crippen LogP contribution in [0.25, 0.3) is 0 Å². The summed E-state index contributed by atoms with van der Waals surface area (Å²) in [7, 11) is 0. The van der Waals surface area contributed by atoms with E-state index in [0.29, 0.717) is 0 Å². The van der Waals surface area contributed by atoms with Gasteiger partial charge >= 0.3 is 0 Å². The van der Waals surface area contributed by atoms with Crippen molar-refractivity contribution in [3.63, 3.8) is 0 Å². The van der Waals surface area contributed by atoms with Gasteiger partial charge in [0, 0.05) is 9.35 Å². The van der Waals surface area contributed by atoms with E-state index in [1.54, 1.807) is 0 Å². The van der Waals surface area contributed by atoms with E-state index in [0.717, 1.165) is 24.8 Å². The molecule has 0 N–H and O–H groups in total. The molecule has 0 aliphatic rings. The standard InChI is InChI=1S/C12H9BrCl2S/c1-7-6-10(16-12(7)15)11(14)8-4-2-3-5-9(8)13/h2-6,11H,1H3. The molecular weight excluding hydrogens is 327 g/mol. The number of thiophene rings is 1. The average Bonchev–Trinajstić information content (AvgIpc) is 2.59. The normalized spacial score (nSPS) is 12.8.